The van der Waals surface area contributed by atoms with Gasteiger partial charge in [-0.3, -0.25) is 0 Å². The Balaban J connectivity index is 2.92. The summed E-state index contributed by atoms with van der Waals surface area (Å²) in [6.07, 6.45) is 2.59. The highest BCUT2D eigenvalue weighted by Crippen LogP contribution is 2.22. The maximum Gasteiger partial charge on any atom is 0.166 e. The van der Waals surface area contributed by atoms with E-state index in [0.717, 1.165) is 18.3 Å². The molecule has 0 aliphatic rings. The van der Waals surface area contributed by atoms with Crippen LogP contribution in [0.3, 0.4) is 0 Å². The molecule has 0 radical (unpaired) electrons. The van der Waals surface area contributed by atoms with E-state index >= 15 is 0 Å². The van der Waals surface area contributed by atoms with Crippen LogP contribution in [0.1, 0.15) is 20.3 Å². The fraction of sp³-hybridized carbons (Fsp3) is 0.545. The van der Waals surface area contributed by atoms with Crippen LogP contribution in [-0.4, -0.2) is 22.9 Å². The van der Waals surface area contributed by atoms with Gasteiger partial charge >= 0.3 is 0 Å². The summed E-state index contributed by atoms with van der Waals surface area (Å²) in [4.78, 5) is 6.12. The summed E-state index contributed by atoms with van der Waals surface area (Å²) in [5.74, 6) is 0.150. The number of rotatable bonds is 5. The van der Waals surface area contributed by atoms with Gasteiger partial charge in [-0.05, 0) is 42.3 Å². The smallest absolute Gasteiger partial charge is 0.166 e. The zero-order valence-corrected chi connectivity index (χ0v) is 12.6. The number of pyridine rings is 1. The molecule has 0 aromatic carbocycles. The first-order valence-corrected chi connectivity index (χ1v) is 7.11. The molecule has 16 heavy (non-hydrogen) atoms. The average Bonchev–Trinajstić information content (AvgIpc) is 2.20. The van der Waals surface area contributed by atoms with Crippen molar-refractivity contribution in [1.29, 1.82) is 0 Å². The van der Waals surface area contributed by atoms with Gasteiger partial charge in [-0.25, -0.2) is 9.37 Å². The second-order valence-corrected chi connectivity index (χ2v) is 5.50. The predicted octanol–water partition coefficient (Wildman–Crippen LogP) is 3.98. The molecule has 0 spiro atoms. The SMILES string of the molecule is CC(C)N(CCCBr)c1ncc(Br)cc1F. The molecule has 0 aliphatic heterocycles. The van der Waals surface area contributed by atoms with Crippen LogP contribution in [0.15, 0.2) is 16.7 Å². The molecule has 90 valence electrons. The summed E-state index contributed by atoms with van der Waals surface area (Å²) in [6.45, 7) is 4.88. The van der Waals surface area contributed by atoms with Crippen molar-refractivity contribution in [2.24, 2.45) is 0 Å². The number of hydrogen-bond donors (Lipinski definition) is 0. The highest BCUT2D eigenvalue weighted by molar-refractivity contribution is 9.10. The Morgan fingerprint density at radius 2 is 2.19 bits per heavy atom. The third kappa shape index (κ3) is 3.70. The molecule has 5 heteroatoms. The third-order valence-corrected chi connectivity index (χ3v) is 3.21. The molecule has 0 saturated heterocycles. The summed E-state index contributed by atoms with van der Waals surface area (Å²) in [7, 11) is 0. The van der Waals surface area contributed by atoms with Gasteiger partial charge in [0, 0.05) is 28.6 Å². The normalized spacial score (nSPS) is 10.9. The zero-order chi connectivity index (χ0) is 12.1. The maximum absolute atomic E-state index is 13.7. The molecule has 1 aromatic rings. The van der Waals surface area contributed by atoms with Crippen molar-refractivity contribution < 1.29 is 4.39 Å². The van der Waals surface area contributed by atoms with Crippen LogP contribution in [-0.2, 0) is 0 Å². The van der Waals surface area contributed by atoms with Crippen molar-refractivity contribution in [3.8, 4) is 0 Å². The molecule has 0 saturated carbocycles. The Bertz CT molecular complexity index is 345. The Labute approximate surface area is 113 Å². The highest BCUT2D eigenvalue weighted by Gasteiger charge is 2.15. The zero-order valence-electron chi connectivity index (χ0n) is 9.38. The monoisotopic (exact) mass is 352 g/mol. The lowest BCUT2D eigenvalue weighted by atomic mass is 10.2. The minimum absolute atomic E-state index is 0.238. The largest absolute Gasteiger partial charge is 0.352 e. The molecule has 0 unspecified atom stereocenters. The van der Waals surface area contributed by atoms with E-state index in [1.165, 1.54) is 6.07 Å². The minimum Gasteiger partial charge on any atom is -0.352 e. The average molecular weight is 354 g/mol. The number of halogens is 3. The molecule has 0 fully saturated rings. The van der Waals surface area contributed by atoms with Crippen molar-refractivity contribution >= 4 is 37.7 Å². The first-order valence-electron chi connectivity index (χ1n) is 5.20. The van der Waals surface area contributed by atoms with Crippen molar-refractivity contribution in [1.82, 2.24) is 4.98 Å². The molecule has 0 amide bonds. The standard InChI is InChI=1S/C11H15Br2FN2/c1-8(2)16(5-3-4-12)11-10(14)6-9(13)7-15-11/h6-8H,3-5H2,1-2H3. The van der Waals surface area contributed by atoms with Crippen LogP contribution in [0.5, 0.6) is 0 Å². The van der Waals surface area contributed by atoms with E-state index < -0.39 is 0 Å². The molecule has 1 aromatic heterocycles. The Morgan fingerprint density at radius 3 is 2.69 bits per heavy atom. The number of nitrogens with zero attached hydrogens (tertiary/aromatic N) is 2. The predicted molar refractivity (Wildman–Crippen MR) is 72.8 cm³/mol. The van der Waals surface area contributed by atoms with E-state index in [1.54, 1.807) is 6.20 Å². The van der Waals surface area contributed by atoms with Crippen LogP contribution < -0.4 is 4.90 Å². The van der Waals surface area contributed by atoms with Crippen molar-refractivity contribution in [3.63, 3.8) is 0 Å². The first kappa shape index (κ1) is 13.9. The van der Waals surface area contributed by atoms with Crippen LogP contribution in [0, 0.1) is 5.82 Å². The topological polar surface area (TPSA) is 16.1 Å². The second-order valence-electron chi connectivity index (χ2n) is 3.79. The number of alkyl halides is 1. The van der Waals surface area contributed by atoms with Crippen molar-refractivity contribution in [2.75, 3.05) is 16.8 Å². The molecular weight excluding hydrogens is 339 g/mol. The Hall–Kier alpha value is -0.160. The van der Waals surface area contributed by atoms with Crippen LogP contribution in [0.2, 0.25) is 0 Å². The van der Waals surface area contributed by atoms with E-state index in [4.69, 9.17) is 0 Å². The number of anilines is 1. The van der Waals surface area contributed by atoms with Gasteiger partial charge in [0.25, 0.3) is 0 Å². The quantitative estimate of drug-likeness (QED) is 0.744. The van der Waals surface area contributed by atoms with Gasteiger partial charge < -0.3 is 4.90 Å². The molecule has 1 rings (SSSR count). The highest BCUT2D eigenvalue weighted by atomic mass is 79.9. The Morgan fingerprint density at radius 1 is 1.50 bits per heavy atom. The summed E-state index contributed by atoms with van der Waals surface area (Å²) in [5.41, 5.74) is 0. The maximum atomic E-state index is 13.7. The van der Waals surface area contributed by atoms with Crippen LogP contribution in [0.25, 0.3) is 0 Å². The fourth-order valence-corrected chi connectivity index (χ4v) is 2.01. The molecular formula is C11H15Br2FN2. The van der Waals surface area contributed by atoms with Gasteiger partial charge in [-0.1, -0.05) is 15.9 Å². The van der Waals surface area contributed by atoms with E-state index in [-0.39, 0.29) is 11.9 Å². The summed E-state index contributed by atoms with van der Waals surface area (Å²) < 4.78 is 14.4. The number of hydrogen-bond acceptors (Lipinski definition) is 2. The van der Waals surface area contributed by atoms with E-state index in [0.29, 0.717) is 10.3 Å². The summed E-state index contributed by atoms with van der Waals surface area (Å²) in [5, 5.41) is 0.911. The third-order valence-electron chi connectivity index (χ3n) is 2.22. The van der Waals surface area contributed by atoms with E-state index in [1.807, 2.05) is 18.7 Å². The first-order chi connectivity index (χ1) is 7.56. The minimum atomic E-state index is -0.280. The molecule has 0 atom stereocenters. The van der Waals surface area contributed by atoms with Gasteiger partial charge in [-0.2, -0.15) is 0 Å². The van der Waals surface area contributed by atoms with Gasteiger partial charge in [0.2, 0.25) is 0 Å². The Kier molecular flexibility index (Phi) is 5.69. The molecule has 0 bridgehead atoms. The van der Waals surface area contributed by atoms with Crippen LogP contribution >= 0.6 is 31.9 Å². The summed E-state index contributed by atoms with van der Waals surface area (Å²) in [6, 6.07) is 1.69. The lowest BCUT2D eigenvalue weighted by Crippen LogP contribution is -2.33. The number of aromatic nitrogens is 1. The summed E-state index contributed by atoms with van der Waals surface area (Å²) >= 11 is 6.59. The van der Waals surface area contributed by atoms with Gasteiger partial charge in [-0.15, -0.1) is 0 Å². The van der Waals surface area contributed by atoms with Gasteiger partial charge in [0.1, 0.15) is 0 Å². The molecule has 1 heterocycles. The molecule has 2 nitrogen and oxygen atoms in total. The van der Waals surface area contributed by atoms with Crippen LogP contribution in [0.4, 0.5) is 10.2 Å². The lowest BCUT2D eigenvalue weighted by Gasteiger charge is -2.27. The van der Waals surface area contributed by atoms with Gasteiger partial charge in [0.05, 0.1) is 0 Å². The van der Waals surface area contributed by atoms with Crippen molar-refractivity contribution in [2.45, 2.75) is 26.3 Å². The molecule has 0 N–H and O–H groups in total. The second kappa shape index (κ2) is 6.55. The lowest BCUT2D eigenvalue weighted by molar-refractivity contribution is 0.586. The van der Waals surface area contributed by atoms with Crippen molar-refractivity contribution in [3.05, 3.63) is 22.6 Å². The van der Waals surface area contributed by atoms with E-state index in [9.17, 15) is 4.39 Å². The molecule has 0 aliphatic carbocycles. The van der Waals surface area contributed by atoms with E-state index in [2.05, 4.69) is 36.8 Å². The fourth-order valence-electron chi connectivity index (χ4n) is 1.46. The van der Waals surface area contributed by atoms with Gasteiger partial charge in [0.15, 0.2) is 11.6 Å².